The van der Waals surface area contributed by atoms with Gasteiger partial charge in [-0.05, 0) is 12.8 Å². The van der Waals surface area contributed by atoms with Crippen molar-refractivity contribution in [1.29, 1.82) is 5.26 Å². The minimum atomic E-state index is -0.550. The average Bonchev–Trinajstić information content (AvgIpc) is 2.89. The number of hydrogen-bond donors (Lipinski definition) is 1. The maximum Gasteiger partial charge on any atom is 0.312 e. The molecule has 1 saturated heterocycles. The Morgan fingerprint density at radius 3 is 3.17 bits per heavy atom. The van der Waals surface area contributed by atoms with Gasteiger partial charge in [0.1, 0.15) is 6.07 Å². The smallest absolute Gasteiger partial charge is 0.312 e. The molecule has 1 aromatic heterocycles. The standard InChI is InChI=1S/C11H12N4O3/c12-5-8-4-10(15(16)17)11(13-6-8)14-7-9-2-1-3-18-9/h4,6,9H,1-3,7H2,(H,13,14)/t9-/m1/s1. The summed E-state index contributed by atoms with van der Waals surface area (Å²) in [5.74, 6) is 0.175. The molecule has 0 unspecified atom stereocenters. The lowest BCUT2D eigenvalue weighted by Crippen LogP contribution is -2.19. The van der Waals surface area contributed by atoms with Crippen molar-refractivity contribution in [3.8, 4) is 6.07 Å². The molecule has 18 heavy (non-hydrogen) atoms. The van der Waals surface area contributed by atoms with Crippen LogP contribution in [-0.4, -0.2) is 29.2 Å². The van der Waals surface area contributed by atoms with Crippen molar-refractivity contribution in [3.05, 3.63) is 27.9 Å². The van der Waals surface area contributed by atoms with Gasteiger partial charge in [0.05, 0.1) is 16.6 Å². The first-order valence-electron chi connectivity index (χ1n) is 5.60. The van der Waals surface area contributed by atoms with E-state index in [4.69, 9.17) is 10.00 Å². The summed E-state index contributed by atoms with van der Waals surface area (Å²) < 4.78 is 5.41. The van der Waals surface area contributed by atoms with E-state index < -0.39 is 4.92 Å². The van der Waals surface area contributed by atoms with E-state index in [1.54, 1.807) is 0 Å². The number of nitrogens with one attached hydrogen (secondary N) is 1. The second-order valence-electron chi connectivity index (χ2n) is 3.98. The number of aromatic nitrogens is 1. The molecule has 1 aliphatic rings. The fourth-order valence-corrected chi connectivity index (χ4v) is 1.81. The van der Waals surface area contributed by atoms with E-state index in [1.807, 2.05) is 6.07 Å². The van der Waals surface area contributed by atoms with Gasteiger partial charge in [0.2, 0.25) is 5.82 Å². The molecule has 0 spiro atoms. The van der Waals surface area contributed by atoms with Gasteiger partial charge in [0.25, 0.3) is 0 Å². The normalized spacial score (nSPS) is 18.3. The van der Waals surface area contributed by atoms with Crippen LogP contribution in [0, 0.1) is 21.4 Å². The summed E-state index contributed by atoms with van der Waals surface area (Å²) in [6.45, 7) is 1.22. The van der Waals surface area contributed by atoms with Crippen molar-refractivity contribution < 1.29 is 9.66 Å². The molecule has 7 heteroatoms. The van der Waals surface area contributed by atoms with E-state index in [1.165, 1.54) is 12.3 Å². The predicted octanol–water partition coefficient (Wildman–Crippen LogP) is 1.45. The van der Waals surface area contributed by atoms with Crippen LogP contribution < -0.4 is 5.32 Å². The summed E-state index contributed by atoms with van der Waals surface area (Å²) in [6, 6.07) is 3.04. The molecule has 0 bridgehead atoms. The Balaban J connectivity index is 2.11. The van der Waals surface area contributed by atoms with Gasteiger partial charge >= 0.3 is 5.69 Å². The Hall–Kier alpha value is -2.20. The third-order valence-electron chi connectivity index (χ3n) is 2.71. The van der Waals surface area contributed by atoms with Crippen LogP contribution in [-0.2, 0) is 4.74 Å². The number of nitriles is 1. The Bertz CT molecular complexity index is 492. The quantitative estimate of drug-likeness (QED) is 0.639. The van der Waals surface area contributed by atoms with E-state index in [0.29, 0.717) is 6.54 Å². The van der Waals surface area contributed by atoms with Crippen LogP contribution in [0.3, 0.4) is 0 Å². The van der Waals surface area contributed by atoms with Crippen LogP contribution >= 0.6 is 0 Å². The number of hydrogen-bond acceptors (Lipinski definition) is 6. The molecular formula is C11H12N4O3. The van der Waals surface area contributed by atoms with Gasteiger partial charge in [-0.15, -0.1) is 0 Å². The number of nitro groups is 1. The predicted molar refractivity (Wildman–Crippen MR) is 63.1 cm³/mol. The van der Waals surface area contributed by atoms with Gasteiger partial charge in [-0.2, -0.15) is 5.26 Å². The van der Waals surface area contributed by atoms with Crippen LogP contribution in [0.25, 0.3) is 0 Å². The van der Waals surface area contributed by atoms with Crippen molar-refractivity contribution in [2.75, 3.05) is 18.5 Å². The molecule has 1 atom stereocenters. The highest BCUT2D eigenvalue weighted by molar-refractivity contribution is 5.58. The van der Waals surface area contributed by atoms with E-state index in [0.717, 1.165) is 19.4 Å². The Morgan fingerprint density at radius 2 is 2.56 bits per heavy atom. The van der Waals surface area contributed by atoms with Crippen LogP contribution in [0.5, 0.6) is 0 Å². The summed E-state index contributed by atoms with van der Waals surface area (Å²) in [5, 5.41) is 22.5. The summed E-state index contributed by atoms with van der Waals surface area (Å²) >= 11 is 0. The zero-order chi connectivity index (χ0) is 13.0. The maximum atomic E-state index is 10.9. The zero-order valence-corrected chi connectivity index (χ0v) is 9.63. The molecule has 1 N–H and O–H groups in total. The van der Waals surface area contributed by atoms with Crippen LogP contribution in [0.1, 0.15) is 18.4 Å². The van der Waals surface area contributed by atoms with E-state index in [-0.39, 0.29) is 23.2 Å². The third kappa shape index (κ3) is 2.73. The SMILES string of the molecule is N#Cc1cnc(NC[C@H]2CCCO2)c([N+](=O)[O-])c1. The number of ether oxygens (including phenoxy) is 1. The molecule has 7 nitrogen and oxygen atoms in total. The number of pyridine rings is 1. The van der Waals surface area contributed by atoms with Crippen molar-refractivity contribution in [1.82, 2.24) is 4.98 Å². The lowest BCUT2D eigenvalue weighted by atomic mass is 10.2. The molecule has 1 aromatic rings. The summed E-state index contributed by atoms with van der Waals surface area (Å²) in [5.41, 5.74) is -0.0172. The van der Waals surface area contributed by atoms with Gasteiger partial charge in [0.15, 0.2) is 0 Å². The molecule has 0 aromatic carbocycles. The summed E-state index contributed by atoms with van der Waals surface area (Å²) in [7, 11) is 0. The maximum absolute atomic E-state index is 10.9. The highest BCUT2D eigenvalue weighted by atomic mass is 16.6. The fraction of sp³-hybridized carbons (Fsp3) is 0.455. The molecule has 2 heterocycles. The van der Waals surface area contributed by atoms with Crippen molar-refractivity contribution in [2.24, 2.45) is 0 Å². The summed E-state index contributed by atoms with van der Waals surface area (Å²) in [6.07, 6.45) is 3.33. The van der Waals surface area contributed by atoms with E-state index >= 15 is 0 Å². The van der Waals surface area contributed by atoms with Crippen molar-refractivity contribution in [2.45, 2.75) is 18.9 Å². The number of rotatable bonds is 4. The summed E-state index contributed by atoms with van der Waals surface area (Å²) in [4.78, 5) is 14.2. The fourth-order valence-electron chi connectivity index (χ4n) is 1.81. The first-order valence-corrected chi connectivity index (χ1v) is 5.60. The first-order chi connectivity index (χ1) is 8.70. The number of anilines is 1. The highest BCUT2D eigenvalue weighted by Gasteiger charge is 2.19. The molecule has 0 aliphatic carbocycles. The first kappa shape index (κ1) is 12.3. The van der Waals surface area contributed by atoms with Crippen LogP contribution in [0.4, 0.5) is 11.5 Å². The topological polar surface area (TPSA) is 101 Å². The van der Waals surface area contributed by atoms with Gasteiger partial charge < -0.3 is 10.1 Å². The molecule has 0 amide bonds. The molecule has 1 fully saturated rings. The van der Waals surface area contributed by atoms with Gasteiger partial charge in [-0.25, -0.2) is 4.98 Å². The second-order valence-corrected chi connectivity index (χ2v) is 3.98. The Labute approximate surface area is 104 Å². The van der Waals surface area contributed by atoms with E-state index in [2.05, 4.69) is 10.3 Å². The van der Waals surface area contributed by atoms with Crippen LogP contribution in [0.2, 0.25) is 0 Å². The van der Waals surface area contributed by atoms with Gasteiger partial charge in [-0.3, -0.25) is 10.1 Å². The zero-order valence-electron chi connectivity index (χ0n) is 9.63. The molecule has 0 saturated carbocycles. The molecular weight excluding hydrogens is 236 g/mol. The molecule has 2 rings (SSSR count). The molecule has 1 aliphatic heterocycles. The third-order valence-corrected chi connectivity index (χ3v) is 2.71. The Kier molecular flexibility index (Phi) is 3.69. The minimum Gasteiger partial charge on any atom is -0.376 e. The van der Waals surface area contributed by atoms with E-state index in [9.17, 15) is 10.1 Å². The van der Waals surface area contributed by atoms with Crippen molar-refractivity contribution in [3.63, 3.8) is 0 Å². The minimum absolute atomic E-state index is 0.0713. The Morgan fingerprint density at radius 1 is 1.72 bits per heavy atom. The lowest BCUT2D eigenvalue weighted by Gasteiger charge is -2.11. The van der Waals surface area contributed by atoms with Crippen LogP contribution in [0.15, 0.2) is 12.3 Å². The number of nitrogens with zero attached hydrogens (tertiary/aromatic N) is 3. The molecule has 0 radical (unpaired) electrons. The van der Waals surface area contributed by atoms with Gasteiger partial charge in [0, 0.05) is 25.4 Å². The monoisotopic (exact) mass is 248 g/mol. The van der Waals surface area contributed by atoms with Gasteiger partial charge in [-0.1, -0.05) is 0 Å². The second kappa shape index (κ2) is 5.42. The largest absolute Gasteiger partial charge is 0.376 e. The molecule has 94 valence electrons. The average molecular weight is 248 g/mol. The van der Waals surface area contributed by atoms with Crippen molar-refractivity contribution >= 4 is 11.5 Å². The highest BCUT2D eigenvalue weighted by Crippen LogP contribution is 2.23. The lowest BCUT2D eigenvalue weighted by molar-refractivity contribution is -0.384.